The maximum Gasteiger partial charge on any atom is 0.173 e. The number of ether oxygens (including phenoxy) is 2. The molecule has 1 aliphatic carbocycles. The number of pyridine rings is 1. The van der Waals surface area contributed by atoms with Crippen LogP contribution in [0.2, 0.25) is 0 Å². The van der Waals surface area contributed by atoms with Crippen LogP contribution in [0.15, 0.2) is 67.3 Å². The first kappa shape index (κ1) is 20.0. The van der Waals surface area contributed by atoms with Crippen molar-refractivity contribution in [1.82, 2.24) is 24.5 Å². The molecule has 0 atom stereocenters. The van der Waals surface area contributed by atoms with E-state index in [9.17, 15) is 0 Å². The molecule has 1 saturated carbocycles. The Labute approximate surface area is 192 Å². The second-order valence-electron chi connectivity index (χ2n) is 9.23. The van der Waals surface area contributed by atoms with Gasteiger partial charge < -0.3 is 14.8 Å². The van der Waals surface area contributed by atoms with Gasteiger partial charge in [0.05, 0.1) is 43.9 Å². The topological polar surface area (TPSA) is 79.0 Å². The molecule has 0 spiro atoms. The maximum absolute atomic E-state index is 6.39. The lowest BCUT2D eigenvalue weighted by Crippen LogP contribution is -2.43. The number of benzene rings is 1. The minimum atomic E-state index is 0.151. The summed E-state index contributed by atoms with van der Waals surface area (Å²) in [5.41, 5.74) is 2.87. The highest BCUT2D eigenvalue weighted by Crippen LogP contribution is 2.40. The van der Waals surface area contributed by atoms with Gasteiger partial charge in [-0.1, -0.05) is 37.3 Å². The summed E-state index contributed by atoms with van der Waals surface area (Å²) in [5.74, 6) is 1.99. The molecule has 4 aromatic rings. The zero-order valence-corrected chi connectivity index (χ0v) is 18.5. The molecular formula is C25H26N6O2. The second-order valence-corrected chi connectivity index (χ2v) is 9.23. The molecule has 2 aliphatic rings. The van der Waals surface area contributed by atoms with Gasteiger partial charge in [0.15, 0.2) is 17.3 Å². The molecule has 8 nitrogen and oxygen atoms in total. The molecule has 33 heavy (non-hydrogen) atoms. The van der Waals surface area contributed by atoms with Gasteiger partial charge in [-0.05, 0) is 25.0 Å². The zero-order valence-electron chi connectivity index (χ0n) is 18.5. The van der Waals surface area contributed by atoms with Gasteiger partial charge in [-0.25, -0.2) is 4.98 Å². The summed E-state index contributed by atoms with van der Waals surface area (Å²) in [6, 6.07) is 14.4. The quantitative estimate of drug-likeness (QED) is 0.411. The lowest BCUT2D eigenvalue weighted by molar-refractivity contribution is -0.111. The Bertz CT molecular complexity index is 1260. The number of hydrogen-bond acceptors (Lipinski definition) is 6. The van der Waals surface area contributed by atoms with Crippen LogP contribution in [-0.4, -0.2) is 37.8 Å². The van der Waals surface area contributed by atoms with Crippen LogP contribution in [0.25, 0.3) is 11.3 Å². The van der Waals surface area contributed by atoms with E-state index in [0.29, 0.717) is 17.6 Å². The summed E-state index contributed by atoms with van der Waals surface area (Å²) < 4.78 is 15.7. The molecule has 0 radical (unpaired) electrons. The van der Waals surface area contributed by atoms with Gasteiger partial charge in [-0.15, -0.1) is 0 Å². The minimum absolute atomic E-state index is 0.151. The molecule has 0 amide bonds. The van der Waals surface area contributed by atoms with Crippen molar-refractivity contribution in [2.24, 2.45) is 5.41 Å². The predicted octanol–water partition coefficient (Wildman–Crippen LogP) is 5.05. The lowest BCUT2D eigenvalue weighted by atomic mass is 9.89. The van der Waals surface area contributed by atoms with Crippen LogP contribution in [-0.2, 0) is 11.3 Å². The average Bonchev–Trinajstić information content (AvgIpc) is 3.44. The highest BCUT2D eigenvalue weighted by Gasteiger charge is 2.34. The molecule has 8 heteroatoms. The van der Waals surface area contributed by atoms with Gasteiger partial charge in [0.2, 0.25) is 0 Å². The molecule has 6 rings (SSSR count). The number of nitrogens with one attached hydrogen (secondary N) is 1. The lowest BCUT2D eigenvalue weighted by Gasteiger charge is -2.37. The van der Waals surface area contributed by atoms with Gasteiger partial charge in [-0.2, -0.15) is 10.2 Å². The highest BCUT2D eigenvalue weighted by atomic mass is 16.5. The van der Waals surface area contributed by atoms with Crippen LogP contribution in [0, 0.1) is 5.41 Å². The van der Waals surface area contributed by atoms with Crippen molar-refractivity contribution < 1.29 is 9.47 Å². The van der Waals surface area contributed by atoms with E-state index >= 15 is 0 Å². The van der Waals surface area contributed by atoms with Crippen molar-refractivity contribution in [3.05, 3.63) is 67.3 Å². The Hall–Kier alpha value is -3.65. The van der Waals surface area contributed by atoms with Crippen molar-refractivity contribution in [3.8, 4) is 22.8 Å². The van der Waals surface area contributed by atoms with Crippen LogP contribution in [0.3, 0.4) is 0 Å². The summed E-state index contributed by atoms with van der Waals surface area (Å²) in [4.78, 5) is 4.52. The first-order valence-electron chi connectivity index (χ1n) is 11.3. The van der Waals surface area contributed by atoms with E-state index in [1.807, 2.05) is 58.3 Å². The normalized spacial score (nSPS) is 16.9. The van der Waals surface area contributed by atoms with Crippen LogP contribution in [0.1, 0.15) is 25.8 Å². The van der Waals surface area contributed by atoms with Gasteiger partial charge in [0.1, 0.15) is 5.69 Å². The van der Waals surface area contributed by atoms with Crippen molar-refractivity contribution in [1.29, 1.82) is 0 Å². The fourth-order valence-corrected chi connectivity index (χ4v) is 4.04. The number of aromatic nitrogens is 5. The Morgan fingerprint density at radius 3 is 2.70 bits per heavy atom. The van der Waals surface area contributed by atoms with E-state index in [2.05, 4.69) is 34.5 Å². The van der Waals surface area contributed by atoms with E-state index in [1.54, 1.807) is 6.20 Å². The van der Waals surface area contributed by atoms with Crippen molar-refractivity contribution in [2.45, 2.75) is 32.4 Å². The van der Waals surface area contributed by atoms with Crippen LogP contribution < -0.4 is 10.1 Å². The van der Waals surface area contributed by atoms with Crippen molar-refractivity contribution in [2.75, 3.05) is 18.5 Å². The number of hydrogen-bond donors (Lipinski definition) is 1. The Balaban J connectivity index is 1.25. The third-order valence-electron chi connectivity index (χ3n) is 6.00. The molecule has 168 valence electrons. The van der Waals surface area contributed by atoms with E-state index in [-0.39, 0.29) is 5.41 Å². The molecule has 1 aliphatic heterocycles. The minimum Gasteiger partial charge on any atom is -0.449 e. The van der Waals surface area contributed by atoms with Crippen molar-refractivity contribution in [3.63, 3.8) is 0 Å². The molecule has 1 aromatic carbocycles. The Morgan fingerprint density at radius 1 is 1.09 bits per heavy atom. The van der Waals surface area contributed by atoms with Gasteiger partial charge in [0.25, 0.3) is 0 Å². The second kappa shape index (κ2) is 8.04. The van der Waals surface area contributed by atoms with E-state index in [4.69, 9.17) is 14.6 Å². The van der Waals surface area contributed by atoms with Crippen LogP contribution >= 0.6 is 0 Å². The maximum atomic E-state index is 6.39. The number of nitrogens with zero attached hydrogens (tertiary/aromatic N) is 5. The van der Waals surface area contributed by atoms with Gasteiger partial charge >= 0.3 is 0 Å². The zero-order chi connectivity index (χ0) is 22.3. The summed E-state index contributed by atoms with van der Waals surface area (Å²) in [6.07, 6.45) is 9.85. The molecule has 4 heterocycles. The van der Waals surface area contributed by atoms with E-state index in [1.165, 1.54) is 0 Å². The van der Waals surface area contributed by atoms with Gasteiger partial charge in [0, 0.05) is 23.4 Å². The number of anilines is 2. The smallest absolute Gasteiger partial charge is 0.173 e. The SMILES string of the molecule is CC1(Cn2cc(Nc3ncccc3Oc3cn(C4CC4)nc3-c3ccccc3)cn2)COC1. The fourth-order valence-electron chi connectivity index (χ4n) is 4.04. The molecule has 2 fully saturated rings. The first-order valence-corrected chi connectivity index (χ1v) is 11.3. The summed E-state index contributed by atoms with van der Waals surface area (Å²) >= 11 is 0. The van der Waals surface area contributed by atoms with Crippen molar-refractivity contribution >= 4 is 11.5 Å². The van der Waals surface area contributed by atoms with Crippen LogP contribution in [0.5, 0.6) is 11.5 Å². The molecule has 0 bridgehead atoms. The fraction of sp³-hybridized carbons (Fsp3) is 0.320. The molecule has 1 saturated heterocycles. The monoisotopic (exact) mass is 442 g/mol. The van der Waals surface area contributed by atoms with E-state index < -0.39 is 0 Å². The van der Waals surface area contributed by atoms with Crippen LogP contribution in [0.4, 0.5) is 11.5 Å². The summed E-state index contributed by atoms with van der Waals surface area (Å²) in [7, 11) is 0. The summed E-state index contributed by atoms with van der Waals surface area (Å²) in [6.45, 7) is 4.57. The molecule has 3 aromatic heterocycles. The standard InChI is InChI=1S/C25H26N6O2/c1-25(16-32-17-25)15-30-13-19(12-27-30)28-24-21(8-5-11-26-24)33-22-14-31(20-9-10-20)29-23(22)18-6-3-2-4-7-18/h2-8,11-14,20H,9-10,15-17H2,1H3,(H,26,28). The third-order valence-corrected chi connectivity index (χ3v) is 6.00. The summed E-state index contributed by atoms with van der Waals surface area (Å²) in [5, 5.41) is 12.7. The average molecular weight is 443 g/mol. The first-order chi connectivity index (χ1) is 16.2. The van der Waals surface area contributed by atoms with E-state index in [0.717, 1.165) is 55.3 Å². The number of rotatable bonds is 8. The molecule has 0 unspecified atom stereocenters. The predicted molar refractivity (Wildman–Crippen MR) is 125 cm³/mol. The Morgan fingerprint density at radius 2 is 1.94 bits per heavy atom. The largest absolute Gasteiger partial charge is 0.449 e. The molecule has 1 N–H and O–H groups in total. The Kier molecular flexibility index (Phi) is 4.87. The third kappa shape index (κ3) is 4.21. The molecular weight excluding hydrogens is 416 g/mol. The van der Waals surface area contributed by atoms with Gasteiger partial charge in [-0.3, -0.25) is 9.36 Å². The highest BCUT2D eigenvalue weighted by molar-refractivity contribution is 5.68.